The average Bonchev–Trinajstić information content (AvgIpc) is 2.82. The Kier molecular flexibility index (Phi) is 3.06. The van der Waals surface area contributed by atoms with Crippen molar-refractivity contribution >= 4 is 11.6 Å². The van der Waals surface area contributed by atoms with E-state index in [9.17, 15) is 23.1 Å². The number of alkyl halides is 3. The van der Waals surface area contributed by atoms with E-state index >= 15 is 0 Å². The largest absolute Gasteiger partial charge is 0.416 e. The quantitative estimate of drug-likeness (QED) is 0.834. The third-order valence-corrected chi connectivity index (χ3v) is 5.59. The van der Waals surface area contributed by atoms with Crippen LogP contribution in [0.4, 0.5) is 18.9 Å². The zero-order chi connectivity index (χ0) is 16.4. The van der Waals surface area contributed by atoms with Crippen molar-refractivity contribution in [2.75, 3.05) is 5.01 Å². The van der Waals surface area contributed by atoms with Gasteiger partial charge in [0.15, 0.2) is 5.60 Å². The van der Waals surface area contributed by atoms with Crippen molar-refractivity contribution in [3.05, 3.63) is 29.8 Å². The van der Waals surface area contributed by atoms with E-state index in [1.54, 1.807) is 0 Å². The van der Waals surface area contributed by atoms with Gasteiger partial charge in [0.1, 0.15) is 0 Å². The molecule has 3 saturated carbocycles. The molecule has 4 aliphatic rings. The van der Waals surface area contributed by atoms with Crippen molar-refractivity contribution in [2.45, 2.75) is 43.5 Å². The number of nitrogens with one attached hydrogen (secondary N) is 1. The van der Waals surface area contributed by atoms with Crippen molar-refractivity contribution in [1.29, 1.82) is 0 Å². The molecule has 0 unspecified atom stereocenters. The van der Waals surface area contributed by atoms with Crippen LogP contribution in [0.1, 0.15) is 31.2 Å². The number of carbonyl (C=O) groups is 1. The Morgan fingerprint density at radius 3 is 2.52 bits per heavy atom. The molecule has 5 rings (SSSR count). The number of fused-ring (bicyclic) bond motifs is 2. The van der Waals surface area contributed by atoms with Crippen LogP contribution in [-0.2, 0) is 11.0 Å². The van der Waals surface area contributed by atoms with Crippen LogP contribution in [0.15, 0.2) is 24.3 Å². The molecule has 1 aromatic rings. The minimum Gasteiger partial charge on any atom is -0.378 e. The van der Waals surface area contributed by atoms with Crippen LogP contribution in [0.2, 0.25) is 0 Å². The maximum absolute atomic E-state index is 12.9. The molecule has 3 aliphatic carbocycles. The van der Waals surface area contributed by atoms with Gasteiger partial charge < -0.3 is 5.11 Å². The molecule has 0 aromatic heterocycles. The van der Waals surface area contributed by atoms with E-state index in [1.165, 1.54) is 12.1 Å². The molecule has 7 heteroatoms. The Hall–Kier alpha value is -1.60. The van der Waals surface area contributed by atoms with Gasteiger partial charge in [-0.25, -0.2) is 10.4 Å². The van der Waals surface area contributed by atoms with Gasteiger partial charge in [-0.1, -0.05) is 6.07 Å². The van der Waals surface area contributed by atoms with E-state index in [1.807, 2.05) is 0 Å². The molecule has 23 heavy (non-hydrogen) atoms. The number of hydrogen-bond donors (Lipinski definition) is 2. The van der Waals surface area contributed by atoms with Crippen LogP contribution in [0.3, 0.4) is 0 Å². The van der Waals surface area contributed by atoms with Crippen LogP contribution < -0.4 is 10.4 Å². The lowest BCUT2D eigenvalue weighted by Gasteiger charge is -2.48. The molecule has 1 amide bonds. The molecule has 2 atom stereocenters. The molecule has 124 valence electrons. The van der Waals surface area contributed by atoms with E-state index in [2.05, 4.69) is 5.43 Å². The van der Waals surface area contributed by atoms with E-state index in [4.69, 9.17) is 0 Å². The highest BCUT2D eigenvalue weighted by molar-refractivity contribution is 6.02. The summed E-state index contributed by atoms with van der Waals surface area (Å²) in [6.45, 7) is 0. The number of aliphatic hydroxyl groups is 1. The fourth-order valence-electron chi connectivity index (χ4n) is 4.41. The molecule has 2 N–H and O–H groups in total. The van der Waals surface area contributed by atoms with Gasteiger partial charge in [-0.3, -0.25) is 4.79 Å². The summed E-state index contributed by atoms with van der Waals surface area (Å²) in [5.41, 5.74) is 0.792. The number of halogens is 3. The molecule has 1 heterocycles. The zero-order valence-corrected chi connectivity index (χ0v) is 12.3. The maximum Gasteiger partial charge on any atom is 0.416 e. The van der Waals surface area contributed by atoms with Gasteiger partial charge in [0.25, 0.3) is 5.91 Å². The van der Waals surface area contributed by atoms with Gasteiger partial charge >= 0.3 is 6.18 Å². The lowest BCUT2D eigenvalue weighted by Crippen LogP contribution is -2.61. The molecule has 4 fully saturated rings. The molecule has 0 radical (unpaired) electrons. The number of benzene rings is 1. The Balaban J connectivity index is 1.71. The van der Waals surface area contributed by atoms with Gasteiger partial charge in [0, 0.05) is 0 Å². The van der Waals surface area contributed by atoms with Crippen LogP contribution in [0.5, 0.6) is 0 Å². The van der Waals surface area contributed by atoms with Gasteiger partial charge in [0.05, 0.1) is 17.3 Å². The highest BCUT2D eigenvalue weighted by Gasteiger charge is 2.64. The lowest BCUT2D eigenvalue weighted by atomic mass is 9.59. The summed E-state index contributed by atoms with van der Waals surface area (Å²) in [5, 5.41) is 12.1. The highest BCUT2D eigenvalue weighted by Crippen LogP contribution is 2.51. The topological polar surface area (TPSA) is 52.6 Å². The fourth-order valence-corrected chi connectivity index (χ4v) is 4.41. The summed E-state index contributed by atoms with van der Waals surface area (Å²) in [5.74, 6) is -0.464. The molecular formula is C16H17F3N2O2. The van der Waals surface area contributed by atoms with Gasteiger partial charge in [-0.05, 0) is 55.7 Å². The fraction of sp³-hybridized carbons (Fsp3) is 0.562. The van der Waals surface area contributed by atoms with Crippen molar-refractivity contribution in [3.63, 3.8) is 0 Å². The molecule has 2 bridgehead atoms. The van der Waals surface area contributed by atoms with E-state index < -0.39 is 29.3 Å². The van der Waals surface area contributed by atoms with Crippen LogP contribution in [-0.4, -0.2) is 22.7 Å². The van der Waals surface area contributed by atoms with E-state index in [0.717, 1.165) is 42.8 Å². The minimum absolute atomic E-state index is 0.117. The van der Waals surface area contributed by atoms with Gasteiger partial charge in [0.2, 0.25) is 0 Å². The second-order valence-electron chi connectivity index (χ2n) is 6.73. The average molecular weight is 326 g/mol. The number of anilines is 1. The first-order chi connectivity index (χ1) is 10.8. The highest BCUT2D eigenvalue weighted by atomic mass is 19.4. The molecule has 1 aliphatic heterocycles. The second kappa shape index (κ2) is 4.70. The molecular weight excluding hydrogens is 309 g/mol. The molecule has 1 saturated heterocycles. The van der Waals surface area contributed by atoms with Gasteiger partial charge in [-0.2, -0.15) is 13.2 Å². The predicted octanol–water partition coefficient (Wildman–Crippen LogP) is 2.48. The third kappa shape index (κ3) is 2.03. The summed E-state index contributed by atoms with van der Waals surface area (Å²) in [6, 6.07) is 4.22. The van der Waals surface area contributed by atoms with Crippen molar-refractivity contribution in [2.24, 2.45) is 11.8 Å². The summed E-state index contributed by atoms with van der Waals surface area (Å²) in [6.07, 6.45) is -1.01. The summed E-state index contributed by atoms with van der Waals surface area (Å²) in [4.78, 5) is 12.7. The second-order valence-corrected chi connectivity index (χ2v) is 6.73. The SMILES string of the molecule is O=C1N(c2cccc(C(F)(F)F)c2)N[C@@H]2C3CCC(CC3)[C@]12O. The number of amides is 1. The predicted molar refractivity (Wildman–Crippen MR) is 76.3 cm³/mol. The smallest absolute Gasteiger partial charge is 0.378 e. The van der Waals surface area contributed by atoms with Crippen molar-refractivity contribution in [3.8, 4) is 0 Å². The monoisotopic (exact) mass is 326 g/mol. The summed E-state index contributed by atoms with van der Waals surface area (Å²) < 4.78 is 38.7. The zero-order valence-electron chi connectivity index (χ0n) is 12.3. The summed E-state index contributed by atoms with van der Waals surface area (Å²) >= 11 is 0. The molecule has 0 spiro atoms. The number of hydrazine groups is 1. The Morgan fingerprint density at radius 2 is 1.91 bits per heavy atom. The third-order valence-electron chi connectivity index (χ3n) is 5.59. The van der Waals surface area contributed by atoms with Crippen molar-refractivity contribution < 1.29 is 23.1 Å². The number of nitrogens with zero attached hydrogens (tertiary/aromatic N) is 1. The minimum atomic E-state index is -4.47. The first-order valence-corrected chi connectivity index (χ1v) is 7.82. The van der Waals surface area contributed by atoms with E-state index in [-0.39, 0.29) is 17.5 Å². The number of rotatable bonds is 1. The number of hydrogen-bond acceptors (Lipinski definition) is 3. The Morgan fingerprint density at radius 1 is 1.22 bits per heavy atom. The van der Waals surface area contributed by atoms with Crippen LogP contribution >= 0.6 is 0 Å². The molecule has 4 nitrogen and oxygen atoms in total. The first-order valence-electron chi connectivity index (χ1n) is 7.82. The van der Waals surface area contributed by atoms with Crippen molar-refractivity contribution in [1.82, 2.24) is 5.43 Å². The Labute approximate surface area is 131 Å². The Bertz CT molecular complexity index is 655. The standard InChI is InChI=1S/C16H17F3N2O2/c17-16(18,19)11-2-1-3-12(8-11)21-14(22)15(23)10-6-4-9(5-7-10)13(15)20-21/h1-3,8-10,13,20,23H,4-7H2/t9?,10?,13-,15-/m1/s1. The molecule has 1 aromatic carbocycles. The lowest BCUT2D eigenvalue weighted by molar-refractivity contribution is -0.152. The van der Waals surface area contributed by atoms with E-state index in [0.29, 0.717) is 0 Å². The normalized spacial score (nSPS) is 36.4. The van der Waals surface area contributed by atoms with Gasteiger partial charge in [-0.15, -0.1) is 0 Å². The first kappa shape index (κ1) is 15.0. The maximum atomic E-state index is 12.9. The van der Waals surface area contributed by atoms with Crippen LogP contribution in [0.25, 0.3) is 0 Å². The van der Waals surface area contributed by atoms with Crippen LogP contribution in [0, 0.1) is 11.8 Å². The number of carbonyl (C=O) groups excluding carboxylic acids is 1. The summed E-state index contributed by atoms with van der Waals surface area (Å²) in [7, 11) is 0.